The Morgan fingerprint density at radius 2 is 2.11 bits per heavy atom. The van der Waals surface area contributed by atoms with E-state index in [1.165, 1.54) is 4.31 Å². The van der Waals surface area contributed by atoms with Gasteiger partial charge in [0.15, 0.2) is 5.13 Å². The van der Waals surface area contributed by atoms with Crippen molar-refractivity contribution in [3.63, 3.8) is 0 Å². The zero-order valence-corrected chi connectivity index (χ0v) is 17.8. The molecule has 1 fully saturated rings. The van der Waals surface area contributed by atoms with E-state index in [-0.39, 0.29) is 5.92 Å². The van der Waals surface area contributed by atoms with Crippen molar-refractivity contribution >= 4 is 32.5 Å². The second kappa shape index (κ2) is 8.17. The SMILES string of the molecule is Cc1nc(CC2CCCN(S(=O)(=O)N(C)C)C2)cc(Nc2ncc(C)s2)n1. The summed E-state index contributed by atoms with van der Waals surface area (Å²) >= 11 is 1.58. The first-order valence-electron chi connectivity index (χ1n) is 8.95. The first kappa shape index (κ1) is 20.1. The van der Waals surface area contributed by atoms with Crippen molar-refractivity contribution in [2.24, 2.45) is 5.92 Å². The van der Waals surface area contributed by atoms with Gasteiger partial charge in [-0.15, -0.1) is 11.3 Å². The van der Waals surface area contributed by atoms with Gasteiger partial charge in [0.1, 0.15) is 11.6 Å². The summed E-state index contributed by atoms with van der Waals surface area (Å²) in [4.78, 5) is 14.4. The molecule has 1 aliphatic heterocycles. The quantitative estimate of drug-likeness (QED) is 0.786. The third kappa shape index (κ3) is 5.01. The van der Waals surface area contributed by atoms with E-state index in [0.717, 1.165) is 40.8 Å². The number of nitrogens with zero attached hydrogens (tertiary/aromatic N) is 5. The average molecular weight is 411 g/mol. The van der Waals surface area contributed by atoms with Crippen LogP contribution < -0.4 is 5.32 Å². The van der Waals surface area contributed by atoms with Gasteiger partial charge in [0.2, 0.25) is 0 Å². The summed E-state index contributed by atoms with van der Waals surface area (Å²) in [6, 6.07) is 1.93. The predicted molar refractivity (Wildman–Crippen MR) is 108 cm³/mol. The molecule has 0 radical (unpaired) electrons. The number of aryl methyl sites for hydroxylation is 2. The number of piperidine rings is 1. The van der Waals surface area contributed by atoms with E-state index >= 15 is 0 Å². The molecular formula is C17H26N6O2S2. The van der Waals surface area contributed by atoms with E-state index in [1.54, 1.807) is 29.7 Å². The van der Waals surface area contributed by atoms with Crippen molar-refractivity contribution in [3.05, 3.63) is 28.7 Å². The van der Waals surface area contributed by atoms with E-state index in [1.807, 2.05) is 26.1 Å². The van der Waals surface area contributed by atoms with Gasteiger partial charge in [0.25, 0.3) is 10.2 Å². The second-order valence-electron chi connectivity index (χ2n) is 7.05. The molecule has 1 N–H and O–H groups in total. The van der Waals surface area contributed by atoms with Gasteiger partial charge in [-0.3, -0.25) is 0 Å². The van der Waals surface area contributed by atoms with Crippen molar-refractivity contribution in [2.75, 3.05) is 32.5 Å². The van der Waals surface area contributed by atoms with Crippen LogP contribution in [0.1, 0.15) is 29.2 Å². The van der Waals surface area contributed by atoms with Gasteiger partial charge in [-0.2, -0.15) is 17.0 Å². The molecule has 3 rings (SSSR count). The smallest absolute Gasteiger partial charge is 0.281 e. The Bertz CT molecular complexity index is 897. The Labute approximate surface area is 164 Å². The lowest BCUT2D eigenvalue weighted by Gasteiger charge is -2.33. The van der Waals surface area contributed by atoms with Crippen molar-refractivity contribution < 1.29 is 8.42 Å². The summed E-state index contributed by atoms with van der Waals surface area (Å²) in [7, 11) is -0.216. The molecule has 2 aromatic rings. The van der Waals surface area contributed by atoms with Crippen LogP contribution in [0.3, 0.4) is 0 Å². The Hall–Kier alpha value is -1.62. The molecule has 148 valence electrons. The van der Waals surface area contributed by atoms with Gasteiger partial charge < -0.3 is 5.32 Å². The molecule has 1 unspecified atom stereocenters. The largest absolute Gasteiger partial charge is 0.316 e. The third-order valence-electron chi connectivity index (χ3n) is 4.51. The normalized spacial score (nSPS) is 18.8. The highest BCUT2D eigenvalue weighted by Crippen LogP contribution is 2.25. The Kier molecular flexibility index (Phi) is 6.09. The fraction of sp³-hybridized carbons (Fsp3) is 0.588. The highest BCUT2D eigenvalue weighted by Gasteiger charge is 2.30. The zero-order chi connectivity index (χ0) is 19.6. The zero-order valence-electron chi connectivity index (χ0n) is 16.1. The van der Waals surface area contributed by atoms with Crippen LogP contribution in [0.25, 0.3) is 0 Å². The fourth-order valence-corrected chi connectivity index (χ4v) is 5.14. The van der Waals surface area contributed by atoms with Crippen LogP contribution >= 0.6 is 11.3 Å². The Morgan fingerprint density at radius 1 is 1.33 bits per heavy atom. The van der Waals surface area contributed by atoms with Crippen LogP contribution in [0.15, 0.2) is 12.3 Å². The van der Waals surface area contributed by atoms with E-state index in [0.29, 0.717) is 18.9 Å². The maximum atomic E-state index is 12.4. The van der Waals surface area contributed by atoms with E-state index in [9.17, 15) is 8.42 Å². The van der Waals surface area contributed by atoms with Crippen LogP contribution in [-0.4, -0.2) is 59.2 Å². The standard InChI is InChI=1S/C17H26N6O2S2/c1-12-10-18-17(26-12)21-16-9-15(19-13(2)20-16)8-14-6-5-7-23(11-14)27(24,25)22(3)4/h9-10,14H,5-8,11H2,1-4H3,(H,18,19,20,21). The van der Waals surface area contributed by atoms with E-state index < -0.39 is 10.2 Å². The molecule has 3 heterocycles. The van der Waals surface area contributed by atoms with Crippen molar-refractivity contribution in [2.45, 2.75) is 33.1 Å². The maximum Gasteiger partial charge on any atom is 0.281 e. The summed E-state index contributed by atoms with van der Waals surface area (Å²) < 4.78 is 27.7. The lowest BCUT2D eigenvalue weighted by atomic mass is 9.94. The molecule has 0 amide bonds. The van der Waals surface area contributed by atoms with Crippen LogP contribution in [0.5, 0.6) is 0 Å². The van der Waals surface area contributed by atoms with Crippen molar-refractivity contribution in [1.82, 2.24) is 23.6 Å². The van der Waals surface area contributed by atoms with Crippen LogP contribution in [-0.2, 0) is 16.6 Å². The molecule has 1 saturated heterocycles. The molecule has 0 spiro atoms. The first-order valence-corrected chi connectivity index (χ1v) is 11.2. The van der Waals surface area contributed by atoms with E-state index in [2.05, 4.69) is 20.3 Å². The minimum atomic E-state index is -3.37. The molecule has 2 aromatic heterocycles. The van der Waals surface area contributed by atoms with Crippen molar-refractivity contribution in [1.29, 1.82) is 0 Å². The lowest BCUT2D eigenvalue weighted by molar-refractivity contribution is 0.253. The molecule has 0 aliphatic carbocycles. The minimum absolute atomic E-state index is 0.248. The van der Waals surface area contributed by atoms with Crippen LogP contribution in [0.4, 0.5) is 10.9 Å². The average Bonchev–Trinajstić information content (AvgIpc) is 2.99. The number of rotatable bonds is 6. The van der Waals surface area contributed by atoms with Gasteiger partial charge in [-0.1, -0.05) is 0 Å². The molecular weight excluding hydrogens is 384 g/mol. The molecule has 0 saturated carbocycles. The minimum Gasteiger partial charge on any atom is -0.316 e. The second-order valence-corrected chi connectivity index (χ2v) is 10.4. The molecule has 8 nitrogen and oxygen atoms in total. The molecule has 0 aromatic carbocycles. The monoisotopic (exact) mass is 410 g/mol. The highest BCUT2D eigenvalue weighted by atomic mass is 32.2. The van der Waals surface area contributed by atoms with Crippen LogP contribution in [0, 0.1) is 19.8 Å². The Morgan fingerprint density at radius 3 is 2.78 bits per heavy atom. The summed E-state index contributed by atoms with van der Waals surface area (Å²) in [6.45, 7) is 4.98. The van der Waals surface area contributed by atoms with Gasteiger partial charge >= 0.3 is 0 Å². The predicted octanol–water partition coefficient (Wildman–Crippen LogP) is 2.35. The molecule has 0 bridgehead atoms. The number of hydrogen-bond donors (Lipinski definition) is 1. The molecule has 1 atom stereocenters. The molecule has 1 aliphatic rings. The van der Waals surface area contributed by atoms with Gasteiger partial charge in [0, 0.05) is 50.0 Å². The number of aromatic nitrogens is 3. The number of thiazole rings is 1. The van der Waals surface area contributed by atoms with E-state index in [4.69, 9.17) is 0 Å². The number of nitrogens with one attached hydrogen (secondary N) is 1. The first-order chi connectivity index (χ1) is 12.7. The van der Waals surface area contributed by atoms with Crippen molar-refractivity contribution in [3.8, 4) is 0 Å². The molecule has 27 heavy (non-hydrogen) atoms. The number of anilines is 2. The summed E-state index contributed by atoms with van der Waals surface area (Å²) in [5, 5.41) is 4.04. The maximum absolute atomic E-state index is 12.4. The lowest BCUT2D eigenvalue weighted by Crippen LogP contribution is -2.45. The topological polar surface area (TPSA) is 91.3 Å². The Balaban J connectivity index is 1.71. The summed E-state index contributed by atoms with van der Waals surface area (Å²) in [5.41, 5.74) is 0.923. The number of hydrogen-bond acceptors (Lipinski definition) is 7. The summed E-state index contributed by atoms with van der Waals surface area (Å²) in [6.07, 6.45) is 4.42. The highest BCUT2D eigenvalue weighted by molar-refractivity contribution is 7.86. The van der Waals surface area contributed by atoms with Gasteiger partial charge in [-0.25, -0.2) is 15.0 Å². The van der Waals surface area contributed by atoms with Gasteiger partial charge in [-0.05, 0) is 39.0 Å². The van der Waals surface area contributed by atoms with Gasteiger partial charge in [0.05, 0.1) is 0 Å². The third-order valence-corrected chi connectivity index (χ3v) is 7.25. The fourth-order valence-electron chi connectivity index (χ4n) is 3.25. The molecule has 10 heteroatoms. The summed E-state index contributed by atoms with van der Waals surface area (Å²) in [5.74, 6) is 1.66. The van der Waals surface area contributed by atoms with Crippen LogP contribution in [0.2, 0.25) is 0 Å².